The summed E-state index contributed by atoms with van der Waals surface area (Å²) in [7, 11) is 0. The number of ether oxygens (including phenoxy) is 1. The molecule has 0 aromatic heterocycles. The van der Waals surface area contributed by atoms with E-state index in [1.54, 1.807) is 0 Å². The van der Waals surface area contributed by atoms with Crippen molar-refractivity contribution in [3.8, 4) is 0 Å². The van der Waals surface area contributed by atoms with E-state index in [1.807, 2.05) is 0 Å². The summed E-state index contributed by atoms with van der Waals surface area (Å²) >= 11 is 0. The lowest BCUT2D eigenvalue weighted by Gasteiger charge is -2.38. The van der Waals surface area contributed by atoms with Crippen molar-refractivity contribution in [3.63, 3.8) is 0 Å². The van der Waals surface area contributed by atoms with Gasteiger partial charge < -0.3 is 9.64 Å². The minimum Gasteiger partial charge on any atom is -0.381 e. The Morgan fingerprint density at radius 3 is 2.35 bits per heavy atom. The zero-order valence-electron chi connectivity index (χ0n) is 15.1. The number of carbonyl (C=O) groups excluding carboxylic acids is 1. The fraction of sp³-hybridized carbons (Fsp3) is 0.947. The van der Waals surface area contributed by atoms with Gasteiger partial charge in [0.1, 0.15) is 0 Å². The lowest BCUT2D eigenvalue weighted by atomic mass is 9.72. The van der Waals surface area contributed by atoms with Crippen molar-refractivity contribution in [2.45, 2.75) is 52.4 Å². The van der Waals surface area contributed by atoms with Crippen LogP contribution < -0.4 is 0 Å². The molecule has 0 N–H and O–H groups in total. The standard InChI is InChI=1S/C19H34N2O2/c1-19(2)6-3-16(4-7-19)13-18(22)21-10-8-20(9-11-21)14-17-5-12-23-15-17/h16-17H,3-15H2,1-2H3. The largest absolute Gasteiger partial charge is 0.381 e. The third-order valence-electron chi connectivity index (χ3n) is 6.19. The molecule has 4 nitrogen and oxygen atoms in total. The first-order valence-electron chi connectivity index (χ1n) is 9.60. The van der Waals surface area contributed by atoms with Gasteiger partial charge in [-0.1, -0.05) is 13.8 Å². The Morgan fingerprint density at radius 1 is 1.04 bits per heavy atom. The summed E-state index contributed by atoms with van der Waals surface area (Å²) in [5, 5.41) is 0. The minimum atomic E-state index is 0.401. The zero-order valence-corrected chi connectivity index (χ0v) is 15.1. The van der Waals surface area contributed by atoms with Crippen molar-refractivity contribution in [3.05, 3.63) is 0 Å². The number of amides is 1. The van der Waals surface area contributed by atoms with Crippen LogP contribution in [0, 0.1) is 17.3 Å². The third-order valence-corrected chi connectivity index (χ3v) is 6.19. The van der Waals surface area contributed by atoms with E-state index in [-0.39, 0.29) is 0 Å². The van der Waals surface area contributed by atoms with E-state index in [4.69, 9.17) is 4.74 Å². The molecule has 4 heteroatoms. The van der Waals surface area contributed by atoms with Crippen molar-refractivity contribution in [2.24, 2.45) is 17.3 Å². The molecule has 0 radical (unpaired) electrons. The van der Waals surface area contributed by atoms with Crippen LogP contribution in [0.5, 0.6) is 0 Å². The van der Waals surface area contributed by atoms with Gasteiger partial charge in [0.15, 0.2) is 0 Å². The topological polar surface area (TPSA) is 32.8 Å². The highest BCUT2D eigenvalue weighted by Gasteiger charge is 2.30. The van der Waals surface area contributed by atoms with E-state index in [2.05, 4.69) is 23.6 Å². The Kier molecular flexibility index (Phi) is 5.63. The molecule has 1 unspecified atom stereocenters. The van der Waals surface area contributed by atoms with Gasteiger partial charge in [0.25, 0.3) is 0 Å². The zero-order chi connectivity index (χ0) is 16.3. The van der Waals surface area contributed by atoms with Crippen LogP contribution >= 0.6 is 0 Å². The molecule has 1 amide bonds. The number of nitrogens with zero attached hydrogens (tertiary/aromatic N) is 2. The maximum Gasteiger partial charge on any atom is 0.222 e. The first-order chi connectivity index (χ1) is 11.0. The minimum absolute atomic E-state index is 0.401. The normalized spacial score (nSPS) is 29.8. The highest BCUT2D eigenvalue weighted by Crippen LogP contribution is 2.39. The van der Waals surface area contributed by atoms with E-state index >= 15 is 0 Å². The van der Waals surface area contributed by atoms with Crippen LogP contribution in [0.1, 0.15) is 52.4 Å². The van der Waals surface area contributed by atoms with Gasteiger partial charge >= 0.3 is 0 Å². The number of carbonyl (C=O) groups is 1. The first-order valence-corrected chi connectivity index (χ1v) is 9.60. The molecular formula is C19H34N2O2. The van der Waals surface area contributed by atoms with Crippen LogP contribution in [-0.4, -0.2) is 61.6 Å². The molecule has 3 fully saturated rings. The SMILES string of the molecule is CC1(C)CCC(CC(=O)N2CCN(CC3CCOC3)CC2)CC1. The molecular weight excluding hydrogens is 288 g/mol. The molecule has 1 saturated carbocycles. The van der Waals surface area contributed by atoms with Gasteiger partial charge in [-0.05, 0) is 49.4 Å². The Bertz CT molecular complexity index is 386. The van der Waals surface area contributed by atoms with E-state index in [0.29, 0.717) is 23.2 Å². The van der Waals surface area contributed by atoms with Crippen LogP contribution in [0.25, 0.3) is 0 Å². The summed E-state index contributed by atoms with van der Waals surface area (Å²) in [5.74, 6) is 1.74. The van der Waals surface area contributed by atoms with Crippen molar-refractivity contribution in [1.82, 2.24) is 9.80 Å². The van der Waals surface area contributed by atoms with Gasteiger partial charge in [0.05, 0.1) is 6.61 Å². The average molecular weight is 322 g/mol. The quantitative estimate of drug-likeness (QED) is 0.798. The molecule has 132 valence electrons. The summed E-state index contributed by atoms with van der Waals surface area (Å²) in [6.45, 7) is 11.7. The number of piperazine rings is 1. The number of hydrogen-bond donors (Lipinski definition) is 0. The molecule has 0 bridgehead atoms. The molecule has 23 heavy (non-hydrogen) atoms. The highest BCUT2D eigenvalue weighted by atomic mass is 16.5. The maximum absolute atomic E-state index is 12.6. The molecule has 3 rings (SSSR count). The lowest BCUT2D eigenvalue weighted by Crippen LogP contribution is -2.50. The molecule has 1 aliphatic carbocycles. The van der Waals surface area contributed by atoms with Gasteiger partial charge in [-0.25, -0.2) is 0 Å². The van der Waals surface area contributed by atoms with Crippen LogP contribution in [0.3, 0.4) is 0 Å². The van der Waals surface area contributed by atoms with E-state index in [9.17, 15) is 4.79 Å². The summed E-state index contributed by atoms with van der Waals surface area (Å²) in [5.41, 5.74) is 0.495. The molecule has 0 aromatic rings. The predicted molar refractivity (Wildman–Crippen MR) is 92.3 cm³/mol. The second-order valence-corrected chi connectivity index (χ2v) is 8.72. The van der Waals surface area contributed by atoms with Gasteiger partial charge in [-0.2, -0.15) is 0 Å². The molecule has 0 spiro atoms. The van der Waals surface area contributed by atoms with Crippen molar-refractivity contribution >= 4 is 5.91 Å². The van der Waals surface area contributed by atoms with Crippen LogP contribution in [-0.2, 0) is 9.53 Å². The Hall–Kier alpha value is -0.610. The van der Waals surface area contributed by atoms with Gasteiger partial charge in [0.2, 0.25) is 5.91 Å². The molecule has 2 saturated heterocycles. The Labute approximate surface area is 141 Å². The summed E-state index contributed by atoms with van der Waals surface area (Å²) < 4.78 is 5.47. The number of rotatable bonds is 4. The predicted octanol–water partition coefficient (Wildman–Crippen LogP) is 2.77. The summed E-state index contributed by atoms with van der Waals surface area (Å²) in [6, 6.07) is 0. The van der Waals surface area contributed by atoms with Crippen LogP contribution in [0.15, 0.2) is 0 Å². The fourth-order valence-electron chi connectivity index (χ4n) is 4.31. The Balaban J connectivity index is 1.36. The second kappa shape index (κ2) is 7.52. The highest BCUT2D eigenvalue weighted by molar-refractivity contribution is 5.76. The lowest BCUT2D eigenvalue weighted by molar-refractivity contribution is -0.134. The van der Waals surface area contributed by atoms with Crippen molar-refractivity contribution in [2.75, 3.05) is 45.9 Å². The average Bonchev–Trinajstić information content (AvgIpc) is 3.03. The van der Waals surface area contributed by atoms with Gasteiger partial charge in [-0.15, -0.1) is 0 Å². The molecule has 1 atom stereocenters. The monoisotopic (exact) mass is 322 g/mol. The number of hydrogen-bond acceptors (Lipinski definition) is 3. The van der Waals surface area contributed by atoms with E-state index in [0.717, 1.165) is 52.4 Å². The maximum atomic E-state index is 12.6. The fourth-order valence-corrected chi connectivity index (χ4v) is 4.31. The first kappa shape index (κ1) is 17.2. The van der Waals surface area contributed by atoms with Crippen molar-refractivity contribution in [1.29, 1.82) is 0 Å². The van der Waals surface area contributed by atoms with Crippen LogP contribution in [0.2, 0.25) is 0 Å². The van der Waals surface area contributed by atoms with E-state index < -0.39 is 0 Å². The summed E-state index contributed by atoms with van der Waals surface area (Å²) in [6.07, 6.45) is 7.02. The molecule has 3 aliphatic rings. The smallest absolute Gasteiger partial charge is 0.222 e. The molecule has 2 aliphatic heterocycles. The second-order valence-electron chi connectivity index (χ2n) is 8.72. The molecule has 0 aromatic carbocycles. The van der Waals surface area contributed by atoms with E-state index in [1.165, 1.54) is 32.1 Å². The van der Waals surface area contributed by atoms with Gasteiger partial charge in [-0.3, -0.25) is 9.69 Å². The van der Waals surface area contributed by atoms with Crippen molar-refractivity contribution < 1.29 is 9.53 Å². The molecule has 2 heterocycles. The third kappa shape index (κ3) is 4.93. The Morgan fingerprint density at radius 2 is 1.74 bits per heavy atom. The summed E-state index contributed by atoms with van der Waals surface area (Å²) in [4.78, 5) is 17.2. The van der Waals surface area contributed by atoms with Gasteiger partial charge in [0, 0.05) is 45.8 Å². The van der Waals surface area contributed by atoms with Crippen LogP contribution in [0.4, 0.5) is 0 Å².